The van der Waals surface area contributed by atoms with Gasteiger partial charge in [0, 0.05) is 24.8 Å². The Hall–Kier alpha value is -2.79. The highest BCUT2D eigenvalue weighted by molar-refractivity contribution is 7.19. The van der Waals surface area contributed by atoms with Crippen LogP contribution in [-0.4, -0.2) is 46.3 Å². The first kappa shape index (κ1) is 21.1. The Balaban J connectivity index is 1.54. The summed E-state index contributed by atoms with van der Waals surface area (Å²) in [5.41, 5.74) is 2.87. The number of amides is 2. The van der Waals surface area contributed by atoms with Crippen LogP contribution in [0.3, 0.4) is 0 Å². The Kier molecular flexibility index (Phi) is 5.46. The summed E-state index contributed by atoms with van der Waals surface area (Å²) in [5, 5.41) is 21.2. The van der Waals surface area contributed by atoms with Gasteiger partial charge < -0.3 is 20.5 Å². The number of rotatable bonds is 6. The van der Waals surface area contributed by atoms with Crippen molar-refractivity contribution >= 4 is 44.6 Å². The number of nitrogens with zero attached hydrogens (tertiary/aromatic N) is 3. The molecule has 0 aliphatic carbocycles. The Morgan fingerprint density at radius 2 is 2.19 bits per heavy atom. The lowest BCUT2D eigenvalue weighted by atomic mass is 10.1. The van der Waals surface area contributed by atoms with Crippen LogP contribution in [0.2, 0.25) is 0 Å². The van der Waals surface area contributed by atoms with Gasteiger partial charge in [-0.25, -0.2) is 14.8 Å². The van der Waals surface area contributed by atoms with E-state index in [2.05, 4.69) is 25.9 Å². The summed E-state index contributed by atoms with van der Waals surface area (Å²) < 4.78 is 5.68. The number of aryl methyl sites for hydroxylation is 1. The molecule has 3 aromatic rings. The van der Waals surface area contributed by atoms with Crippen LogP contribution in [0.25, 0.3) is 10.2 Å². The molecule has 2 aliphatic rings. The molecule has 1 unspecified atom stereocenters. The van der Waals surface area contributed by atoms with Gasteiger partial charge in [0.25, 0.3) is 0 Å². The van der Waals surface area contributed by atoms with Crippen molar-refractivity contribution in [2.45, 2.75) is 45.6 Å². The summed E-state index contributed by atoms with van der Waals surface area (Å²) in [6.45, 7) is 7.55. The third-order valence-corrected chi connectivity index (χ3v) is 6.78. The fraction of sp³-hybridized carbons (Fsp3) is 0.409. The van der Waals surface area contributed by atoms with Gasteiger partial charge in [0.05, 0.1) is 39.6 Å². The van der Waals surface area contributed by atoms with Crippen LogP contribution in [0, 0.1) is 6.92 Å². The van der Waals surface area contributed by atoms with Crippen LogP contribution in [-0.2, 0) is 0 Å². The van der Waals surface area contributed by atoms with Gasteiger partial charge in [0.2, 0.25) is 5.88 Å². The number of thiophene rings is 1. The first-order valence-corrected chi connectivity index (χ1v) is 11.5. The lowest BCUT2D eigenvalue weighted by Crippen LogP contribution is -2.36. The molecular formula is C22H26N6O3S. The maximum atomic E-state index is 13.3. The minimum Gasteiger partial charge on any atom is -0.475 e. The molecule has 0 saturated carbocycles. The van der Waals surface area contributed by atoms with E-state index in [1.807, 2.05) is 32.9 Å². The molecule has 1 fully saturated rings. The van der Waals surface area contributed by atoms with Crippen molar-refractivity contribution in [3.05, 3.63) is 35.0 Å². The van der Waals surface area contributed by atoms with E-state index in [4.69, 9.17) is 4.74 Å². The number of aliphatic hydroxyl groups is 1. The molecule has 5 heterocycles. The minimum absolute atomic E-state index is 0.0118. The summed E-state index contributed by atoms with van der Waals surface area (Å²) in [6.07, 6.45) is 3.42. The number of anilines is 3. The van der Waals surface area contributed by atoms with Crippen molar-refractivity contribution in [2.75, 3.05) is 23.3 Å². The summed E-state index contributed by atoms with van der Waals surface area (Å²) in [6, 6.07) is 3.53. The van der Waals surface area contributed by atoms with Gasteiger partial charge in [-0.15, -0.1) is 11.3 Å². The zero-order chi connectivity index (χ0) is 22.4. The maximum absolute atomic E-state index is 13.3. The normalized spacial score (nSPS) is 19.0. The van der Waals surface area contributed by atoms with Crippen LogP contribution in [0.15, 0.2) is 24.5 Å². The first-order chi connectivity index (χ1) is 15.4. The summed E-state index contributed by atoms with van der Waals surface area (Å²) >= 11 is 1.39. The maximum Gasteiger partial charge on any atom is 0.331 e. The van der Waals surface area contributed by atoms with E-state index in [-0.39, 0.29) is 18.2 Å². The number of pyridine rings is 2. The molecular weight excluding hydrogens is 428 g/mol. The zero-order valence-corrected chi connectivity index (χ0v) is 19.0. The number of urea groups is 1. The highest BCUT2D eigenvalue weighted by atomic mass is 32.1. The van der Waals surface area contributed by atoms with Crippen molar-refractivity contribution in [1.29, 1.82) is 0 Å². The number of aromatic nitrogens is 2. The predicted octanol–water partition coefficient (Wildman–Crippen LogP) is 3.41. The smallest absolute Gasteiger partial charge is 0.331 e. The fourth-order valence-electron chi connectivity index (χ4n) is 4.20. The van der Waals surface area contributed by atoms with Gasteiger partial charge in [0.1, 0.15) is 11.1 Å². The Labute approximate surface area is 189 Å². The second-order valence-electron chi connectivity index (χ2n) is 8.35. The topological polar surface area (TPSA) is 112 Å². The molecule has 5 rings (SSSR count). The number of carbonyl (C=O) groups excluding carboxylic acids is 1. The number of carbonyl (C=O) groups is 1. The first-order valence-electron chi connectivity index (χ1n) is 10.7. The second kappa shape index (κ2) is 8.28. The van der Waals surface area contributed by atoms with E-state index >= 15 is 0 Å². The highest BCUT2D eigenvalue weighted by Gasteiger charge is 2.34. The van der Waals surface area contributed by atoms with Crippen LogP contribution in [0.5, 0.6) is 5.88 Å². The minimum atomic E-state index is -0.885. The molecule has 3 aromatic heterocycles. The van der Waals surface area contributed by atoms with Crippen LogP contribution < -0.4 is 25.6 Å². The SMILES string of the molecule is Cc1cc(OC(C)C)ncc1N1C(=O)Nc2c(C(O)N[C@@H]3CCNC3)sc3nccc1c23. The van der Waals surface area contributed by atoms with Gasteiger partial charge in [-0.3, -0.25) is 10.2 Å². The van der Waals surface area contributed by atoms with E-state index in [9.17, 15) is 9.90 Å². The summed E-state index contributed by atoms with van der Waals surface area (Å²) in [5.74, 6) is 0.521. The number of nitrogens with one attached hydrogen (secondary N) is 3. The van der Waals surface area contributed by atoms with Crippen LogP contribution in [0.4, 0.5) is 21.9 Å². The molecule has 2 aliphatic heterocycles. The Morgan fingerprint density at radius 1 is 1.34 bits per heavy atom. The fourth-order valence-corrected chi connectivity index (χ4v) is 5.26. The second-order valence-corrected chi connectivity index (χ2v) is 9.38. The quantitative estimate of drug-likeness (QED) is 0.422. The van der Waals surface area contributed by atoms with Crippen molar-refractivity contribution < 1.29 is 14.6 Å². The average molecular weight is 455 g/mol. The molecule has 10 heteroatoms. The van der Waals surface area contributed by atoms with Crippen molar-refractivity contribution in [2.24, 2.45) is 0 Å². The van der Waals surface area contributed by atoms with E-state index in [1.54, 1.807) is 17.3 Å². The predicted molar refractivity (Wildman–Crippen MR) is 125 cm³/mol. The molecule has 32 heavy (non-hydrogen) atoms. The number of hydrogen-bond donors (Lipinski definition) is 4. The molecule has 2 atom stereocenters. The van der Waals surface area contributed by atoms with Gasteiger partial charge in [-0.1, -0.05) is 0 Å². The van der Waals surface area contributed by atoms with E-state index in [1.165, 1.54) is 11.3 Å². The average Bonchev–Trinajstić information content (AvgIpc) is 3.37. The molecule has 0 bridgehead atoms. The number of ether oxygens (including phenoxy) is 1. The molecule has 168 valence electrons. The number of aliphatic hydroxyl groups excluding tert-OH is 1. The van der Waals surface area contributed by atoms with Crippen molar-refractivity contribution in [3.63, 3.8) is 0 Å². The molecule has 2 amide bonds. The van der Waals surface area contributed by atoms with E-state index in [0.717, 1.165) is 35.3 Å². The summed E-state index contributed by atoms with van der Waals surface area (Å²) in [7, 11) is 0. The highest BCUT2D eigenvalue weighted by Crippen LogP contribution is 2.47. The Bertz CT molecular complexity index is 1170. The lowest BCUT2D eigenvalue weighted by Gasteiger charge is -2.30. The largest absolute Gasteiger partial charge is 0.475 e. The van der Waals surface area contributed by atoms with Crippen LogP contribution in [0.1, 0.15) is 36.9 Å². The molecule has 1 saturated heterocycles. The van der Waals surface area contributed by atoms with Gasteiger partial charge in [-0.2, -0.15) is 0 Å². The monoisotopic (exact) mass is 454 g/mol. The van der Waals surface area contributed by atoms with E-state index < -0.39 is 6.23 Å². The Morgan fingerprint density at radius 3 is 2.91 bits per heavy atom. The standard InChI is InChI=1S/C22H26N6O3S/c1-11(2)31-16-8-12(3)15(10-25-16)28-14-5-7-24-21-17(14)18(27-22(28)30)19(32-21)20(29)26-13-4-6-23-9-13/h5,7-8,10-11,13,20,23,26,29H,4,6,9H2,1-3H3,(H,27,30)/t13-,20?/m1/s1. The molecule has 0 radical (unpaired) electrons. The van der Waals surface area contributed by atoms with Gasteiger partial charge >= 0.3 is 6.03 Å². The summed E-state index contributed by atoms with van der Waals surface area (Å²) in [4.78, 5) is 25.2. The molecule has 9 nitrogen and oxygen atoms in total. The zero-order valence-electron chi connectivity index (χ0n) is 18.2. The lowest BCUT2D eigenvalue weighted by molar-refractivity contribution is 0.130. The van der Waals surface area contributed by atoms with Gasteiger partial charge in [0.15, 0.2) is 0 Å². The van der Waals surface area contributed by atoms with Gasteiger partial charge in [-0.05, 0) is 45.4 Å². The van der Waals surface area contributed by atoms with Crippen LogP contribution >= 0.6 is 11.3 Å². The molecule has 0 aromatic carbocycles. The van der Waals surface area contributed by atoms with Crippen molar-refractivity contribution in [3.8, 4) is 5.88 Å². The third kappa shape index (κ3) is 3.69. The molecule has 4 N–H and O–H groups in total. The third-order valence-electron chi connectivity index (χ3n) is 5.63. The van der Waals surface area contributed by atoms with Crippen molar-refractivity contribution in [1.82, 2.24) is 20.6 Å². The molecule has 0 spiro atoms. The van der Waals surface area contributed by atoms with E-state index in [0.29, 0.717) is 27.8 Å². The number of hydrogen-bond acceptors (Lipinski definition) is 8.